The molecule has 1 amide bonds. The van der Waals surface area contributed by atoms with Crippen molar-refractivity contribution in [3.8, 4) is 0 Å². The van der Waals surface area contributed by atoms with E-state index in [2.05, 4.69) is 15.5 Å². The molecule has 2 fully saturated rings. The number of carbonyl (C=O) groups is 1. The van der Waals surface area contributed by atoms with Gasteiger partial charge in [0.1, 0.15) is 5.76 Å². The molecule has 1 aromatic heterocycles. The quantitative estimate of drug-likeness (QED) is 0.819. The van der Waals surface area contributed by atoms with Crippen LogP contribution in [0.3, 0.4) is 0 Å². The summed E-state index contributed by atoms with van der Waals surface area (Å²) in [5, 5.41) is 6.25. The van der Waals surface area contributed by atoms with Crippen molar-refractivity contribution in [3.05, 3.63) is 23.7 Å². The van der Waals surface area contributed by atoms with Gasteiger partial charge in [-0.15, -0.1) is 0 Å². The first-order valence-corrected chi connectivity index (χ1v) is 6.64. The number of piperazine rings is 1. The number of furan rings is 1. The average molecular weight is 249 g/mol. The van der Waals surface area contributed by atoms with Crippen molar-refractivity contribution >= 4 is 5.91 Å². The highest BCUT2D eigenvalue weighted by Crippen LogP contribution is 2.20. The fourth-order valence-electron chi connectivity index (χ4n) is 2.16. The Morgan fingerprint density at radius 2 is 2.17 bits per heavy atom. The molecule has 2 N–H and O–H groups in total. The first-order valence-electron chi connectivity index (χ1n) is 6.64. The van der Waals surface area contributed by atoms with E-state index in [4.69, 9.17) is 4.42 Å². The number of hydrogen-bond donors (Lipinski definition) is 2. The lowest BCUT2D eigenvalue weighted by Gasteiger charge is -2.26. The van der Waals surface area contributed by atoms with Gasteiger partial charge in [-0.1, -0.05) is 0 Å². The van der Waals surface area contributed by atoms with E-state index in [1.807, 2.05) is 6.07 Å². The molecule has 0 unspecified atom stereocenters. The summed E-state index contributed by atoms with van der Waals surface area (Å²) in [5.41, 5.74) is 0. The summed E-state index contributed by atoms with van der Waals surface area (Å²) in [6.07, 6.45) is 2.19. The van der Waals surface area contributed by atoms with Crippen LogP contribution in [-0.4, -0.2) is 43.0 Å². The van der Waals surface area contributed by atoms with Gasteiger partial charge in [-0.2, -0.15) is 0 Å². The summed E-state index contributed by atoms with van der Waals surface area (Å²) in [7, 11) is 0. The molecule has 1 aromatic rings. The molecule has 0 radical (unpaired) electrons. The molecular formula is C13H19N3O2. The number of nitrogens with one attached hydrogen (secondary N) is 2. The zero-order chi connectivity index (χ0) is 12.4. The summed E-state index contributed by atoms with van der Waals surface area (Å²) in [6, 6.07) is 4.05. The van der Waals surface area contributed by atoms with Gasteiger partial charge in [0.15, 0.2) is 5.76 Å². The van der Waals surface area contributed by atoms with E-state index in [1.54, 1.807) is 6.07 Å². The SMILES string of the molecule is O=C(NC1CC1)c1ccc(CN2CCNCC2)o1. The van der Waals surface area contributed by atoms with E-state index >= 15 is 0 Å². The number of nitrogens with zero attached hydrogens (tertiary/aromatic N) is 1. The Morgan fingerprint density at radius 3 is 2.89 bits per heavy atom. The number of carbonyl (C=O) groups excluding carboxylic acids is 1. The monoisotopic (exact) mass is 249 g/mol. The lowest BCUT2D eigenvalue weighted by molar-refractivity contribution is 0.0919. The van der Waals surface area contributed by atoms with Gasteiger partial charge in [-0.25, -0.2) is 0 Å². The van der Waals surface area contributed by atoms with E-state index < -0.39 is 0 Å². The standard InChI is InChI=1S/C13H19N3O2/c17-13(15-10-1-2-10)12-4-3-11(18-12)9-16-7-5-14-6-8-16/h3-4,10,14H,1-2,5-9H2,(H,15,17). The Balaban J connectivity index is 1.56. The Labute approximate surface area is 107 Å². The fourth-order valence-corrected chi connectivity index (χ4v) is 2.16. The summed E-state index contributed by atoms with van der Waals surface area (Å²) >= 11 is 0. The lowest BCUT2D eigenvalue weighted by Crippen LogP contribution is -2.42. The molecule has 18 heavy (non-hydrogen) atoms. The van der Waals surface area contributed by atoms with Crippen LogP contribution in [0.1, 0.15) is 29.2 Å². The van der Waals surface area contributed by atoms with Gasteiger partial charge in [0.2, 0.25) is 0 Å². The zero-order valence-corrected chi connectivity index (χ0v) is 10.4. The molecule has 0 spiro atoms. The van der Waals surface area contributed by atoms with Crippen LogP contribution in [0.5, 0.6) is 0 Å². The van der Waals surface area contributed by atoms with Gasteiger partial charge in [-0.05, 0) is 25.0 Å². The molecule has 2 heterocycles. The molecule has 1 saturated carbocycles. The number of rotatable bonds is 4. The molecule has 1 saturated heterocycles. The third-order valence-electron chi connectivity index (χ3n) is 3.39. The summed E-state index contributed by atoms with van der Waals surface area (Å²) in [4.78, 5) is 14.1. The molecule has 0 bridgehead atoms. The van der Waals surface area contributed by atoms with Crippen molar-refractivity contribution in [1.82, 2.24) is 15.5 Å². The minimum absolute atomic E-state index is 0.0796. The highest BCUT2D eigenvalue weighted by Gasteiger charge is 2.25. The van der Waals surface area contributed by atoms with Crippen LogP contribution < -0.4 is 10.6 Å². The second-order valence-corrected chi connectivity index (χ2v) is 5.04. The van der Waals surface area contributed by atoms with Crippen molar-refractivity contribution in [2.24, 2.45) is 0 Å². The van der Waals surface area contributed by atoms with Gasteiger partial charge < -0.3 is 15.1 Å². The molecule has 1 aliphatic heterocycles. The second kappa shape index (κ2) is 5.12. The Hall–Kier alpha value is -1.33. The smallest absolute Gasteiger partial charge is 0.287 e. The lowest BCUT2D eigenvalue weighted by atomic mass is 10.3. The molecule has 2 aliphatic rings. The Kier molecular flexibility index (Phi) is 3.34. The maximum Gasteiger partial charge on any atom is 0.287 e. The van der Waals surface area contributed by atoms with E-state index in [0.717, 1.165) is 51.3 Å². The normalized spacial score (nSPS) is 20.9. The van der Waals surface area contributed by atoms with Crippen LogP contribution >= 0.6 is 0 Å². The van der Waals surface area contributed by atoms with Crippen molar-refractivity contribution < 1.29 is 9.21 Å². The van der Waals surface area contributed by atoms with Crippen molar-refractivity contribution in [2.75, 3.05) is 26.2 Å². The third-order valence-corrected chi connectivity index (χ3v) is 3.39. The molecule has 5 nitrogen and oxygen atoms in total. The highest BCUT2D eigenvalue weighted by molar-refractivity contribution is 5.91. The number of amides is 1. The predicted octanol–water partition coefficient (Wildman–Crippen LogP) is 0.577. The number of hydrogen-bond acceptors (Lipinski definition) is 4. The maximum atomic E-state index is 11.8. The summed E-state index contributed by atoms with van der Waals surface area (Å²) in [5.74, 6) is 1.23. The summed E-state index contributed by atoms with van der Waals surface area (Å²) < 4.78 is 5.60. The van der Waals surface area contributed by atoms with E-state index in [1.165, 1.54) is 0 Å². The van der Waals surface area contributed by atoms with Gasteiger partial charge in [0.05, 0.1) is 6.54 Å². The molecule has 5 heteroatoms. The Morgan fingerprint density at radius 1 is 1.39 bits per heavy atom. The minimum atomic E-state index is -0.0796. The molecule has 98 valence electrons. The first-order chi connectivity index (χ1) is 8.81. The second-order valence-electron chi connectivity index (χ2n) is 5.04. The topological polar surface area (TPSA) is 57.5 Å². The zero-order valence-electron chi connectivity index (χ0n) is 10.4. The van der Waals surface area contributed by atoms with Crippen molar-refractivity contribution in [2.45, 2.75) is 25.4 Å². The average Bonchev–Trinajstić information content (AvgIpc) is 3.07. The van der Waals surface area contributed by atoms with Crippen molar-refractivity contribution in [1.29, 1.82) is 0 Å². The molecule has 3 rings (SSSR count). The molecule has 1 aliphatic carbocycles. The van der Waals surface area contributed by atoms with Crippen LogP contribution in [0, 0.1) is 0 Å². The first kappa shape index (κ1) is 11.7. The fraction of sp³-hybridized carbons (Fsp3) is 0.615. The molecule has 0 aromatic carbocycles. The van der Waals surface area contributed by atoms with Crippen LogP contribution in [0.15, 0.2) is 16.5 Å². The van der Waals surface area contributed by atoms with Gasteiger partial charge >= 0.3 is 0 Å². The third kappa shape index (κ3) is 2.91. The van der Waals surface area contributed by atoms with E-state index in [9.17, 15) is 4.79 Å². The van der Waals surface area contributed by atoms with Gasteiger partial charge in [0.25, 0.3) is 5.91 Å². The Bertz CT molecular complexity index is 420. The van der Waals surface area contributed by atoms with Crippen LogP contribution in [0.2, 0.25) is 0 Å². The molecule has 0 atom stereocenters. The van der Waals surface area contributed by atoms with E-state index in [0.29, 0.717) is 11.8 Å². The van der Waals surface area contributed by atoms with Crippen LogP contribution in [-0.2, 0) is 6.54 Å². The summed E-state index contributed by atoms with van der Waals surface area (Å²) in [6.45, 7) is 4.90. The molecular weight excluding hydrogens is 230 g/mol. The van der Waals surface area contributed by atoms with Crippen LogP contribution in [0.25, 0.3) is 0 Å². The predicted molar refractivity (Wildman–Crippen MR) is 67.3 cm³/mol. The van der Waals surface area contributed by atoms with Gasteiger partial charge in [0, 0.05) is 32.2 Å². The highest BCUT2D eigenvalue weighted by atomic mass is 16.4. The largest absolute Gasteiger partial charge is 0.455 e. The maximum absolute atomic E-state index is 11.8. The minimum Gasteiger partial charge on any atom is -0.455 e. The van der Waals surface area contributed by atoms with Gasteiger partial charge in [-0.3, -0.25) is 9.69 Å². The van der Waals surface area contributed by atoms with Crippen molar-refractivity contribution in [3.63, 3.8) is 0 Å². The van der Waals surface area contributed by atoms with Crippen LogP contribution in [0.4, 0.5) is 0 Å². The van der Waals surface area contributed by atoms with E-state index in [-0.39, 0.29) is 5.91 Å².